The van der Waals surface area contributed by atoms with Crippen LogP contribution in [0.4, 0.5) is 5.69 Å². The van der Waals surface area contributed by atoms with E-state index in [1.165, 1.54) is 22.6 Å². The average Bonchev–Trinajstić information content (AvgIpc) is 3.25. The lowest BCUT2D eigenvalue weighted by Gasteiger charge is -2.11. The quantitative estimate of drug-likeness (QED) is 0.588. The molecule has 2 atom stereocenters. The van der Waals surface area contributed by atoms with Gasteiger partial charge in [-0.05, 0) is 55.7 Å². The Bertz CT molecular complexity index is 1270. The van der Waals surface area contributed by atoms with Crippen molar-refractivity contribution in [1.29, 1.82) is 0 Å². The van der Waals surface area contributed by atoms with Crippen molar-refractivity contribution >= 4 is 17.0 Å². The van der Waals surface area contributed by atoms with Crippen LogP contribution in [0.1, 0.15) is 45.1 Å². The van der Waals surface area contributed by atoms with Crippen LogP contribution in [0.5, 0.6) is 5.75 Å². The van der Waals surface area contributed by atoms with Crippen LogP contribution in [0, 0.1) is 11.3 Å². The highest BCUT2D eigenvalue weighted by Crippen LogP contribution is 2.60. The highest BCUT2D eigenvalue weighted by molar-refractivity contribution is 5.65. The normalized spacial score (nSPS) is 22.4. The molecule has 1 fully saturated rings. The number of nitrogens with zero attached hydrogens (tertiary/aromatic N) is 3. The molecule has 0 amide bonds. The number of aromatic amines is 1. The fraction of sp³-hybridized carbons (Fsp3) is 0.375. The summed E-state index contributed by atoms with van der Waals surface area (Å²) in [5.41, 5.74) is 4.19. The molecule has 31 heavy (non-hydrogen) atoms. The largest absolute Gasteiger partial charge is 0.492 e. The second kappa shape index (κ2) is 7.41. The number of para-hydroxylation sites is 2. The number of hydrogen-bond donors (Lipinski definition) is 2. The van der Waals surface area contributed by atoms with Crippen molar-refractivity contribution in [3.8, 4) is 5.75 Å². The number of benzene rings is 1. The zero-order valence-corrected chi connectivity index (χ0v) is 18.1. The maximum Gasteiger partial charge on any atom is 0.274 e. The molecule has 2 aromatic heterocycles. The number of aromatic nitrogens is 4. The van der Waals surface area contributed by atoms with Crippen molar-refractivity contribution in [2.75, 3.05) is 11.9 Å². The lowest BCUT2D eigenvalue weighted by atomic mass is 9.97. The number of hydrogen-bond acceptors (Lipinski definition) is 5. The van der Waals surface area contributed by atoms with E-state index in [0.29, 0.717) is 36.0 Å². The zero-order chi connectivity index (χ0) is 21.6. The van der Waals surface area contributed by atoms with Crippen molar-refractivity contribution in [3.05, 3.63) is 69.9 Å². The lowest BCUT2D eigenvalue weighted by Crippen LogP contribution is -2.17. The number of allylic oxidation sites excluding steroid dienone is 4. The smallest absolute Gasteiger partial charge is 0.274 e. The minimum absolute atomic E-state index is 0.171. The molecule has 0 bridgehead atoms. The summed E-state index contributed by atoms with van der Waals surface area (Å²) in [6.07, 6.45) is 6.59. The van der Waals surface area contributed by atoms with Crippen LogP contribution in [0.3, 0.4) is 0 Å². The van der Waals surface area contributed by atoms with Gasteiger partial charge in [-0.2, -0.15) is 9.50 Å². The first-order valence-corrected chi connectivity index (χ1v) is 10.8. The Morgan fingerprint density at radius 2 is 2.16 bits per heavy atom. The molecule has 7 heteroatoms. The highest BCUT2D eigenvalue weighted by Gasteiger charge is 2.50. The maximum absolute atomic E-state index is 12.7. The molecular formula is C24H27N5O2. The summed E-state index contributed by atoms with van der Waals surface area (Å²) >= 11 is 0. The molecular weight excluding hydrogens is 390 g/mol. The van der Waals surface area contributed by atoms with Gasteiger partial charge in [-0.1, -0.05) is 36.8 Å². The Labute approximate surface area is 180 Å². The molecule has 2 aliphatic carbocycles. The van der Waals surface area contributed by atoms with Crippen LogP contribution in [-0.4, -0.2) is 26.2 Å². The van der Waals surface area contributed by atoms with E-state index in [1.807, 2.05) is 31.2 Å². The Morgan fingerprint density at radius 3 is 3.00 bits per heavy atom. The number of ether oxygens (including phenoxy) is 1. The van der Waals surface area contributed by atoms with E-state index in [4.69, 9.17) is 4.74 Å². The third-order valence-electron chi connectivity index (χ3n) is 6.57. The first-order chi connectivity index (χ1) is 15.0. The SMILES string of the molecule is CCOc1ccccc1NCc1cc(=O)n2[nH]c(C3=CC4CC4(C)C(C)=CC3)nc2n1. The number of anilines is 1. The fourth-order valence-electron chi connectivity index (χ4n) is 4.32. The highest BCUT2D eigenvalue weighted by atomic mass is 16.5. The van der Waals surface area contributed by atoms with Crippen LogP contribution in [0.2, 0.25) is 0 Å². The summed E-state index contributed by atoms with van der Waals surface area (Å²) in [4.78, 5) is 21.9. The predicted molar refractivity (Wildman–Crippen MR) is 121 cm³/mol. The van der Waals surface area contributed by atoms with E-state index in [-0.39, 0.29) is 5.56 Å². The van der Waals surface area contributed by atoms with Crippen molar-refractivity contribution in [2.24, 2.45) is 11.3 Å². The van der Waals surface area contributed by atoms with Gasteiger partial charge in [0.15, 0.2) is 5.82 Å². The molecule has 0 saturated heterocycles. The number of H-pyrrole nitrogens is 1. The maximum atomic E-state index is 12.7. The molecule has 0 spiro atoms. The Hall–Kier alpha value is -3.35. The molecule has 2 heterocycles. The monoisotopic (exact) mass is 417 g/mol. The summed E-state index contributed by atoms with van der Waals surface area (Å²) < 4.78 is 7.07. The van der Waals surface area contributed by atoms with Gasteiger partial charge in [-0.3, -0.25) is 9.89 Å². The van der Waals surface area contributed by atoms with Gasteiger partial charge in [-0.15, -0.1) is 0 Å². The molecule has 0 radical (unpaired) electrons. The van der Waals surface area contributed by atoms with Crippen LogP contribution >= 0.6 is 0 Å². The Balaban J connectivity index is 1.41. The fourth-order valence-corrected chi connectivity index (χ4v) is 4.32. The molecule has 7 nitrogen and oxygen atoms in total. The molecule has 160 valence electrons. The molecule has 2 unspecified atom stereocenters. The molecule has 2 aliphatic rings. The van der Waals surface area contributed by atoms with Gasteiger partial charge < -0.3 is 10.1 Å². The number of nitrogens with one attached hydrogen (secondary N) is 2. The van der Waals surface area contributed by atoms with Crippen LogP contribution < -0.4 is 15.6 Å². The van der Waals surface area contributed by atoms with Gasteiger partial charge in [0.2, 0.25) is 0 Å². The van der Waals surface area contributed by atoms with Gasteiger partial charge in [0.25, 0.3) is 11.3 Å². The number of fused-ring (bicyclic) bond motifs is 2. The van der Waals surface area contributed by atoms with Gasteiger partial charge in [0.1, 0.15) is 5.75 Å². The summed E-state index contributed by atoms with van der Waals surface area (Å²) in [5.74, 6) is 2.43. The minimum atomic E-state index is -0.171. The van der Waals surface area contributed by atoms with Gasteiger partial charge in [0.05, 0.1) is 24.5 Å². The van der Waals surface area contributed by atoms with E-state index in [9.17, 15) is 4.79 Å². The molecule has 1 aromatic carbocycles. The second-order valence-electron chi connectivity index (χ2n) is 8.59. The van der Waals surface area contributed by atoms with Gasteiger partial charge in [-0.25, -0.2) is 4.98 Å². The molecule has 3 aromatic rings. The minimum Gasteiger partial charge on any atom is -0.492 e. The zero-order valence-electron chi connectivity index (χ0n) is 18.1. The Morgan fingerprint density at radius 1 is 1.32 bits per heavy atom. The molecule has 5 rings (SSSR count). The standard InChI is InChI=1S/C24H27N5O2/c1-4-31-20-8-6-5-7-19(20)25-14-18-12-21(30)29-23(26-18)27-22(28-29)16-10-9-15(2)24(3)13-17(24)11-16/h5-9,11-12,17,25H,4,10,13-14H2,1-3H3,(H,26,27,28). The summed E-state index contributed by atoms with van der Waals surface area (Å²) in [6.45, 7) is 7.47. The molecule has 1 saturated carbocycles. The van der Waals surface area contributed by atoms with Crippen molar-refractivity contribution in [3.63, 3.8) is 0 Å². The molecule has 0 aliphatic heterocycles. The summed E-state index contributed by atoms with van der Waals surface area (Å²) in [5, 5.41) is 6.46. The van der Waals surface area contributed by atoms with E-state index in [0.717, 1.165) is 29.3 Å². The molecule has 2 N–H and O–H groups in total. The number of rotatable bonds is 6. The topological polar surface area (TPSA) is 84.3 Å². The van der Waals surface area contributed by atoms with E-state index in [1.54, 1.807) is 0 Å². The van der Waals surface area contributed by atoms with E-state index >= 15 is 0 Å². The first kappa shape index (κ1) is 19.6. The first-order valence-electron chi connectivity index (χ1n) is 10.8. The van der Waals surface area contributed by atoms with Crippen molar-refractivity contribution in [1.82, 2.24) is 19.6 Å². The van der Waals surface area contributed by atoms with Gasteiger partial charge >= 0.3 is 0 Å². The summed E-state index contributed by atoms with van der Waals surface area (Å²) in [7, 11) is 0. The van der Waals surface area contributed by atoms with Crippen molar-refractivity contribution in [2.45, 2.75) is 40.2 Å². The summed E-state index contributed by atoms with van der Waals surface area (Å²) in [6, 6.07) is 9.27. The van der Waals surface area contributed by atoms with Crippen molar-refractivity contribution < 1.29 is 4.74 Å². The van der Waals surface area contributed by atoms with Crippen LogP contribution in [0.25, 0.3) is 11.4 Å². The third-order valence-corrected chi connectivity index (χ3v) is 6.57. The van der Waals surface area contributed by atoms with Crippen LogP contribution in [0.15, 0.2) is 52.9 Å². The third kappa shape index (κ3) is 3.54. The van der Waals surface area contributed by atoms with Crippen LogP contribution in [-0.2, 0) is 6.54 Å². The van der Waals surface area contributed by atoms with E-state index < -0.39 is 0 Å². The predicted octanol–water partition coefficient (Wildman–Crippen LogP) is 4.19. The van der Waals surface area contributed by atoms with E-state index in [2.05, 4.69) is 46.4 Å². The average molecular weight is 418 g/mol. The second-order valence-corrected chi connectivity index (χ2v) is 8.59. The lowest BCUT2D eigenvalue weighted by molar-refractivity contribution is 0.341. The van der Waals surface area contributed by atoms with Gasteiger partial charge in [0, 0.05) is 6.07 Å². The Kier molecular flexibility index (Phi) is 4.68.